The second kappa shape index (κ2) is 19.3. The van der Waals surface area contributed by atoms with Gasteiger partial charge in [-0.3, -0.25) is 0 Å². The van der Waals surface area contributed by atoms with Crippen molar-refractivity contribution in [2.75, 3.05) is 4.90 Å². The van der Waals surface area contributed by atoms with E-state index in [0.717, 1.165) is 28.1 Å². The molecule has 0 spiro atoms. The molecule has 0 atom stereocenters. The fourth-order valence-electron chi connectivity index (χ4n) is 16.0. The second-order valence-corrected chi connectivity index (χ2v) is 24.2. The molecular weight excluding hydrogens is 1070 g/mol. The van der Waals surface area contributed by atoms with Gasteiger partial charge in [0.25, 0.3) is 6.71 Å². The summed E-state index contributed by atoms with van der Waals surface area (Å²) < 4.78 is 5.19. The summed E-state index contributed by atoms with van der Waals surface area (Å²) in [5.74, 6) is 0. The fraction of sp³-hybridized carbons (Fsp3) is 0.0118. The molecule has 4 heterocycles. The number of nitrogens with zero attached hydrogens (tertiary/aromatic N) is 3. The van der Waals surface area contributed by atoms with Crippen LogP contribution in [0.3, 0.4) is 0 Å². The first-order chi connectivity index (χ1) is 44.2. The monoisotopic (exact) mass is 1130 g/mol. The molecule has 2 aliphatic heterocycles. The molecular formula is C85H54BN3. The molecule has 2 aromatic heterocycles. The number of fused-ring (bicyclic) bond motifs is 13. The minimum Gasteiger partial charge on any atom is -0.311 e. The van der Waals surface area contributed by atoms with Crippen LogP contribution in [0.25, 0.3) is 111 Å². The van der Waals surface area contributed by atoms with E-state index in [9.17, 15) is 0 Å². The maximum absolute atomic E-state index is 2.68. The zero-order chi connectivity index (χ0) is 58.3. The Hall–Kier alpha value is -11.5. The summed E-state index contributed by atoms with van der Waals surface area (Å²) >= 11 is 0. The highest BCUT2D eigenvalue weighted by Crippen LogP contribution is 2.58. The fourth-order valence-corrected chi connectivity index (χ4v) is 16.0. The maximum atomic E-state index is 2.68. The Bertz CT molecular complexity index is 5500. The van der Waals surface area contributed by atoms with E-state index in [4.69, 9.17) is 0 Å². The van der Waals surface area contributed by atoms with Gasteiger partial charge in [0.2, 0.25) is 0 Å². The number of aromatic nitrogens is 2. The van der Waals surface area contributed by atoms with E-state index >= 15 is 0 Å². The number of hydrogen-bond donors (Lipinski definition) is 0. The third-order valence-corrected chi connectivity index (χ3v) is 19.7. The number of para-hydroxylation sites is 3. The number of rotatable bonds is 8. The molecule has 3 nitrogen and oxygen atoms in total. The van der Waals surface area contributed by atoms with Crippen LogP contribution in [-0.2, 0) is 5.41 Å². The van der Waals surface area contributed by atoms with Gasteiger partial charge in [0.15, 0.2) is 0 Å². The number of benzene rings is 14. The van der Waals surface area contributed by atoms with Gasteiger partial charge in [-0.1, -0.05) is 261 Å². The Labute approximate surface area is 517 Å². The Morgan fingerprint density at radius 2 is 0.798 bits per heavy atom. The number of hydrogen-bond acceptors (Lipinski definition) is 1. The predicted octanol–water partition coefficient (Wildman–Crippen LogP) is 19.5. The van der Waals surface area contributed by atoms with Crippen LogP contribution >= 0.6 is 0 Å². The summed E-state index contributed by atoms with van der Waals surface area (Å²) in [5, 5.41) is 4.92. The van der Waals surface area contributed by atoms with E-state index < -0.39 is 5.41 Å². The molecule has 0 unspecified atom stereocenters. The van der Waals surface area contributed by atoms with Crippen molar-refractivity contribution in [2.45, 2.75) is 5.41 Å². The van der Waals surface area contributed by atoms with Crippen molar-refractivity contribution >= 4 is 83.8 Å². The van der Waals surface area contributed by atoms with Crippen molar-refractivity contribution in [2.24, 2.45) is 0 Å². The Morgan fingerprint density at radius 1 is 0.258 bits per heavy atom. The molecule has 19 rings (SSSR count). The van der Waals surface area contributed by atoms with Gasteiger partial charge < -0.3 is 14.0 Å². The van der Waals surface area contributed by atoms with Gasteiger partial charge in [-0.25, -0.2) is 0 Å². The quantitative estimate of drug-likeness (QED) is 0.138. The standard InChI is InChI=1S/C85H54BN3/c1-7-25-55(26-8-1)58-31-23-32-60(47-58)65-39-20-22-44-76(65)88-80-52-71-67-46-45-59(56-27-9-2-10-28-56)48-77(67)87(64-37-17-6-18-38-64)79(71)54-75(80)86-74-43-24-41-68-70-51-69-66-40-19-21-42-72(66)85(62-33-13-4-14-34-62,63-35-15-5-16-36-63)73(69)53-78(70)89(84(68)74)82-50-61(49-81(88)83(82)86)57-29-11-3-12-30-57/h1-54H. The maximum Gasteiger partial charge on any atom is 0.252 e. The number of anilines is 3. The van der Waals surface area contributed by atoms with Crippen LogP contribution in [-0.4, -0.2) is 15.8 Å². The van der Waals surface area contributed by atoms with Crippen molar-refractivity contribution < 1.29 is 0 Å². The summed E-state index contributed by atoms with van der Waals surface area (Å²) in [4.78, 5) is 2.64. The van der Waals surface area contributed by atoms with Crippen LogP contribution < -0.4 is 21.3 Å². The highest BCUT2D eigenvalue weighted by molar-refractivity contribution is 7.00. The molecule has 4 heteroatoms. The highest BCUT2D eigenvalue weighted by Gasteiger charge is 2.48. The molecule has 0 saturated heterocycles. The molecule has 0 fully saturated rings. The first kappa shape index (κ1) is 49.8. The lowest BCUT2D eigenvalue weighted by Crippen LogP contribution is -2.60. The topological polar surface area (TPSA) is 13.1 Å². The van der Waals surface area contributed by atoms with Gasteiger partial charge in [-0.15, -0.1) is 0 Å². The van der Waals surface area contributed by atoms with E-state index in [0.29, 0.717) is 0 Å². The SMILES string of the molecule is c1ccc(-c2cccc(-c3ccccc3N3c4cc5c6ccc(-c7ccccc7)cc6n(-c6ccccc6)c5cc4B4c5c3cc(-c3ccccc3)cc5-n3c5cc6c(cc5c5cccc4c53)-c3ccccc3C6(c3ccccc3)c3ccccc3)c2)cc1. The average molecular weight is 1130 g/mol. The molecule has 3 aliphatic rings. The Morgan fingerprint density at radius 3 is 1.51 bits per heavy atom. The molecule has 0 amide bonds. The summed E-state index contributed by atoms with van der Waals surface area (Å²) in [5.41, 5.74) is 31.0. The highest BCUT2D eigenvalue weighted by atomic mass is 15.2. The van der Waals surface area contributed by atoms with Gasteiger partial charge >= 0.3 is 0 Å². The second-order valence-electron chi connectivity index (χ2n) is 24.2. The van der Waals surface area contributed by atoms with Crippen LogP contribution in [0.2, 0.25) is 0 Å². The largest absolute Gasteiger partial charge is 0.311 e. The molecule has 0 radical (unpaired) electrons. The molecule has 1 aliphatic carbocycles. The van der Waals surface area contributed by atoms with Crippen LogP contribution in [0, 0.1) is 0 Å². The van der Waals surface area contributed by atoms with Crippen molar-refractivity contribution in [1.82, 2.24) is 9.13 Å². The smallest absolute Gasteiger partial charge is 0.252 e. The molecule has 0 N–H and O–H groups in total. The van der Waals surface area contributed by atoms with E-state index in [-0.39, 0.29) is 6.71 Å². The van der Waals surface area contributed by atoms with Crippen LogP contribution in [0.4, 0.5) is 17.1 Å². The summed E-state index contributed by atoms with van der Waals surface area (Å²) in [6.45, 7) is -0.142. The lowest BCUT2D eigenvalue weighted by Gasteiger charge is -2.41. The zero-order valence-electron chi connectivity index (χ0n) is 48.6. The van der Waals surface area contributed by atoms with Crippen molar-refractivity contribution in [3.63, 3.8) is 0 Å². The van der Waals surface area contributed by atoms with E-state index in [1.165, 1.54) is 138 Å². The average Bonchev–Trinajstić information content (AvgIpc) is 1.61. The zero-order valence-corrected chi connectivity index (χ0v) is 48.6. The Balaban J connectivity index is 0.960. The van der Waals surface area contributed by atoms with E-state index in [2.05, 4.69) is 342 Å². The molecule has 89 heavy (non-hydrogen) atoms. The van der Waals surface area contributed by atoms with Gasteiger partial charge in [0.05, 0.1) is 27.7 Å². The minimum atomic E-state index is -0.577. The van der Waals surface area contributed by atoms with Crippen molar-refractivity contribution in [1.29, 1.82) is 0 Å². The van der Waals surface area contributed by atoms with E-state index in [1.807, 2.05) is 0 Å². The summed E-state index contributed by atoms with van der Waals surface area (Å²) in [6.07, 6.45) is 0. The van der Waals surface area contributed by atoms with E-state index in [1.54, 1.807) is 0 Å². The molecule has 16 aromatic rings. The Kier molecular flexibility index (Phi) is 10.8. The van der Waals surface area contributed by atoms with Crippen LogP contribution in [0.15, 0.2) is 328 Å². The van der Waals surface area contributed by atoms with Crippen molar-refractivity contribution in [3.8, 4) is 67.0 Å². The predicted molar refractivity (Wildman–Crippen MR) is 374 cm³/mol. The minimum absolute atomic E-state index is 0.142. The lowest BCUT2D eigenvalue weighted by molar-refractivity contribution is 0.769. The molecule has 14 aromatic carbocycles. The van der Waals surface area contributed by atoms with Crippen molar-refractivity contribution in [3.05, 3.63) is 350 Å². The first-order valence-electron chi connectivity index (χ1n) is 31.0. The molecule has 0 bridgehead atoms. The van der Waals surface area contributed by atoms with Crippen LogP contribution in [0.5, 0.6) is 0 Å². The molecule has 412 valence electrons. The molecule has 0 saturated carbocycles. The van der Waals surface area contributed by atoms with Crippen LogP contribution in [0.1, 0.15) is 22.3 Å². The van der Waals surface area contributed by atoms with Gasteiger partial charge in [-0.2, -0.15) is 0 Å². The van der Waals surface area contributed by atoms with Gasteiger partial charge in [0.1, 0.15) is 0 Å². The first-order valence-corrected chi connectivity index (χ1v) is 31.0. The van der Waals surface area contributed by atoms with Gasteiger partial charge in [0, 0.05) is 55.4 Å². The third-order valence-electron chi connectivity index (χ3n) is 19.7. The lowest BCUT2D eigenvalue weighted by atomic mass is 9.33. The summed E-state index contributed by atoms with van der Waals surface area (Å²) in [7, 11) is 0. The third kappa shape index (κ3) is 7.17. The normalized spacial score (nSPS) is 13.2. The summed E-state index contributed by atoms with van der Waals surface area (Å²) in [6, 6.07) is 123. The van der Waals surface area contributed by atoms with Gasteiger partial charge in [-0.05, 0) is 155 Å².